The average Bonchev–Trinajstić information content (AvgIpc) is 3.18. The molecule has 0 spiro atoms. The van der Waals surface area contributed by atoms with Gasteiger partial charge in [0.25, 0.3) is 0 Å². The van der Waals surface area contributed by atoms with Crippen molar-refractivity contribution in [1.82, 2.24) is 0 Å². The predicted octanol–water partition coefficient (Wildman–Crippen LogP) is -0.157. The number of rotatable bonds is 2. The number of carboxylic acids is 1. The number of benzene rings is 2. The zero-order valence-corrected chi connectivity index (χ0v) is 18.1. The van der Waals surface area contributed by atoms with Gasteiger partial charge in [0.2, 0.25) is 0 Å². The number of ether oxygens (including phenoxy) is 1. The summed E-state index contributed by atoms with van der Waals surface area (Å²) in [4.78, 5) is 22.6. The third-order valence-corrected chi connectivity index (χ3v) is 5.75. The minimum Gasteiger partial charge on any atom is -0.870 e. The van der Waals surface area contributed by atoms with Crippen LogP contribution in [0.4, 0.5) is 0 Å². The van der Waals surface area contributed by atoms with E-state index >= 15 is 0 Å². The summed E-state index contributed by atoms with van der Waals surface area (Å²) in [5.41, 5.74) is 4.00. The maximum absolute atomic E-state index is 11.6. The second-order valence-corrected chi connectivity index (χ2v) is 8.16. The van der Waals surface area contributed by atoms with Crippen molar-refractivity contribution in [2.24, 2.45) is 10.8 Å². The molecule has 4 N–H and O–H groups in total. The van der Waals surface area contributed by atoms with E-state index in [9.17, 15) is 9.59 Å². The number of methoxy groups -OCH3 is 1. The minimum absolute atomic E-state index is 0. The van der Waals surface area contributed by atoms with Crippen LogP contribution >= 0.6 is 0 Å². The first-order chi connectivity index (χ1) is 12.8. The molecular formula is C23H29LiO6. The molecule has 0 amide bonds. The zero-order valence-electron chi connectivity index (χ0n) is 18.1. The Labute approximate surface area is 189 Å². The third kappa shape index (κ3) is 5.53. The number of fused-ring (bicyclic) bond motifs is 2. The molecule has 7 heteroatoms. The molecule has 0 bridgehead atoms. The van der Waals surface area contributed by atoms with Crippen molar-refractivity contribution < 1.29 is 49.2 Å². The summed E-state index contributed by atoms with van der Waals surface area (Å²) in [6.07, 6.45) is 2.93. The van der Waals surface area contributed by atoms with Crippen molar-refractivity contribution in [2.75, 3.05) is 7.11 Å². The molecule has 158 valence electrons. The van der Waals surface area contributed by atoms with Gasteiger partial charge in [-0.1, -0.05) is 48.5 Å². The first kappa shape index (κ1) is 27.9. The molecule has 30 heavy (non-hydrogen) atoms. The van der Waals surface area contributed by atoms with E-state index < -0.39 is 11.4 Å². The molecule has 0 radical (unpaired) electrons. The molecule has 0 aliphatic heterocycles. The molecule has 0 atom stereocenters. The number of carbonyl (C=O) groups excluding carboxylic acids is 1. The van der Waals surface area contributed by atoms with Crippen LogP contribution in [0.15, 0.2) is 48.5 Å². The number of aliphatic carboxylic acids is 1. The van der Waals surface area contributed by atoms with Crippen molar-refractivity contribution in [3.8, 4) is 0 Å². The number of esters is 1. The third-order valence-electron chi connectivity index (χ3n) is 5.75. The van der Waals surface area contributed by atoms with Gasteiger partial charge in [-0.05, 0) is 61.8 Å². The Hall–Kier alpha value is -2.10. The van der Waals surface area contributed by atoms with Gasteiger partial charge in [0.05, 0.1) is 17.9 Å². The Morgan fingerprint density at radius 2 is 1.10 bits per heavy atom. The Kier molecular flexibility index (Phi) is 10.0. The zero-order chi connectivity index (χ0) is 19.7. The van der Waals surface area contributed by atoms with E-state index in [1.165, 1.54) is 29.4 Å². The molecule has 0 unspecified atom stereocenters. The van der Waals surface area contributed by atoms with Gasteiger partial charge in [-0.2, -0.15) is 0 Å². The van der Waals surface area contributed by atoms with E-state index in [2.05, 4.69) is 12.1 Å². The molecular weight excluding hydrogens is 379 g/mol. The molecule has 2 aliphatic rings. The second kappa shape index (κ2) is 10.8. The molecule has 0 saturated heterocycles. The average molecular weight is 408 g/mol. The van der Waals surface area contributed by atoms with Gasteiger partial charge < -0.3 is 20.8 Å². The van der Waals surface area contributed by atoms with Crippen LogP contribution in [0.3, 0.4) is 0 Å². The summed E-state index contributed by atoms with van der Waals surface area (Å²) in [5, 5.41) is 9.04. The number of hydrogen-bond acceptors (Lipinski definition) is 4. The predicted molar refractivity (Wildman–Crippen MR) is 109 cm³/mol. The SMILES string of the molecule is CC1(C(=O)O)Cc2ccccc2C1.COC(=O)C1(C)Cc2ccccc2C1.O.[Li+].[OH-]. The molecule has 4 rings (SSSR count). The van der Waals surface area contributed by atoms with Crippen LogP contribution in [0.5, 0.6) is 0 Å². The van der Waals surface area contributed by atoms with Gasteiger partial charge in [0.15, 0.2) is 0 Å². The van der Waals surface area contributed by atoms with Gasteiger partial charge >= 0.3 is 30.8 Å². The van der Waals surface area contributed by atoms with Gasteiger partial charge in [0, 0.05) is 0 Å². The Balaban J connectivity index is 0.000000511. The molecule has 0 fully saturated rings. The van der Waals surface area contributed by atoms with Crippen LogP contribution in [0, 0.1) is 10.8 Å². The second-order valence-electron chi connectivity index (χ2n) is 8.16. The standard InChI is InChI=1S/C12H14O2.C11H12O2.Li.2H2O/c1-12(11(13)14-2)7-9-5-3-4-6-10(9)8-12;1-11(10(12)13)6-8-4-2-3-5-9(8)7-11;;;/h3-6H,7-8H2,1-2H3;2-5H,6-7H2,1H3,(H,12,13);;2*1H2/q;;+1;;/p-1. The van der Waals surface area contributed by atoms with Gasteiger partial charge in [-0.15, -0.1) is 0 Å². The summed E-state index contributed by atoms with van der Waals surface area (Å²) in [6.45, 7) is 3.79. The maximum atomic E-state index is 11.6. The number of carbonyl (C=O) groups is 2. The number of hydrogen-bond donors (Lipinski definition) is 1. The Morgan fingerprint density at radius 3 is 1.37 bits per heavy atom. The summed E-state index contributed by atoms with van der Waals surface area (Å²) >= 11 is 0. The number of carboxylic acid groups (broad SMARTS) is 1. The van der Waals surface area contributed by atoms with E-state index in [4.69, 9.17) is 9.84 Å². The fraction of sp³-hybridized carbons (Fsp3) is 0.391. The molecule has 0 heterocycles. The molecule has 0 saturated carbocycles. The molecule has 6 nitrogen and oxygen atoms in total. The summed E-state index contributed by atoms with van der Waals surface area (Å²) in [6, 6.07) is 16.2. The van der Waals surface area contributed by atoms with Crippen LogP contribution in [-0.2, 0) is 40.0 Å². The Morgan fingerprint density at radius 1 is 0.800 bits per heavy atom. The quantitative estimate of drug-likeness (QED) is 0.546. The molecule has 2 aromatic rings. The van der Waals surface area contributed by atoms with E-state index in [-0.39, 0.29) is 41.2 Å². The van der Waals surface area contributed by atoms with E-state index in [0.29, 0.717) is 12.8 Å². The first-order valence-electron chi connectivity index (χ1n) is 9.23. The summed E-state index contributed by atoms with van der Waals surface area (Å²) in [5.74, 6) is -0.794. The minimum atomic E-state index is -0.691. The van der Waals surface area contributed by atoms with Crippen LogP contribution in [0.2, 0.25) is 0 Å². The van der Waals surface area contributed by atoms with E-state index in [1.54, 1.807) is 0 Å². The van der Waals surface area contributed by atoms with Crippen LogP contribution in [-0.4, -0.2) is 35.1 Å². The van der Waals surface area contributed by atoms with Gasteiger partial charge in [-0.25, -0.2) is 0 Å². The van der Waals surface area contributed by atoms with E-state index in [0.717, 1.165) is 12.8 Å². The van der Waals surface area contributed by atoms with Crippen LogP contribution in [0.1, 0.15) is 36.1 Å². The van der Waals surface area contributed by atoms with E-state index in [1.807, 2.05) is 50.2 Å². The van der Waals surface area contributed by atoms with Crippen LogP contribution in [0.25, 0.3) is 0 Å². The van der Waals surface area contributed by atoms with Crippen molar-refractivity contribution in [2.45, 2.75) is 39.5 Å². The normalized spacial score (nSPS) is 16.1. The fourth-order valence-corrected chi connectivity index (χ4v) is 4.15. The van der Waals surface area contributed by atoms with Crippen molar-refractivity contribution in [1.29, 1.82) is 0 Å². The first-order valence-corrected chi connectivity index (χ1v) is 9.23. The molecule has 0 aromatic heterocycles. The summed E-state index contributed by atoms with van der Waals surface area (Å²) in [7, 11) is 1.45. The molecule has 2 aliphatic carbocycles. The van der Waals surface area contributed by atoms with Crippen molar-refractivity contribution in [3.63, 3.8) is 0 Å². The van der Waals surface area contributed by atoms with Crippen LogP contribution < -0.4 is 18.9 Å². The summed E-state index contributed by atoms with van der Waals surface area (Å²) < 4.78 is 4.83. The van der Waals surface area contributed by atoms with Crippen molar-refractivity contribution >= 4 is 11.9 Å². The van der Waals surface area contributed by atoms with Gasteiger partial charge in [0.1, 0.15) is 0 Å². The maximum Gasteiger partial charge on any atom is 1.00 e. The largest absolute Gasteiger partial charge is 1.00 e. The molecule has 2 aromatic carbocycles. The smallest absolute Gasteiger partial charge is 0.870 e. The van der Waals surface area contributed by atoms with Crippen molar-refractivity contribution in [3.05, 3.63) is 70.8 Å². The fourth-order valence-electron chi connectivity index (χ4n) is 4.15. The topological polar surface area (TPSA) is 125 Å². The monoisotopic (exact) mass is 408 g/mol. The Bertz CT molecular complexity index is 830. The van der Waals surface area contributed by atoms with Gasteiger partial charge in [-0.3, -0.25) is 9.59 Å².